The number of alkyl halides is 3. The molecule has 0 aliphatic heterocycles. The van der Waals surface area contributed by atoms with Crippen molar-refractivity contribution in [2.24, 2.45) is 0 Å². The van der Waals surface area contributed by atoms with E-state index in [2.05, 4.69) is 6.42 Å². The van der Waals surface area contributed by atoms with E-state index in [-0.39, 0.29) is 0 Å². The van der Waals surface area contributed by atoms with Crippen molar-refractivity contribution in [3.63, 3.8) is 0 Å². The number of benzene rings is 1. The largest absolute Gasteiger partial charge is 0.216 e. The average Bonchev–Trinajstić information content (AvgIpc) is 2.04. The Kier molecular flexibility index (Phi) is 3.90. The zero-order valence-electron chi connectivity index (χ0n) is 7.23. The van der Waals surface area contributed by atoms with Gasteiger partial charge in [-0.2, -0.15) is 0 Å². The van der Waals surface area contributed by atoms with Gasteiger partial charge in [0, 0.05) is 5.56 Å². The van der Waals surface area contributed by atoms with Gasteiger partial charge in [0.25, 0.3) is 0 Å². The topological polar surface area (TPSA) is 0 Å². The predicted molar refractivity (Wildman–Crippen MR) is 59.4 cm³/mol. The lowest BCUT2D eigenvalue weighted by molar-refractivity contribution is 1.12. The Bertz CT molecular complexity index is 276. The van der Waals surface area contributed by atoms with Crippen LogP contribution in [0.15, 0.2) is 24.3 Å². The first-order valence-corrected chi connectivity index (χ1v) is 5.11. The van der Waals surface area contributed by atoms with Crippen LogP contribution in [0.3, 0.4) is 0 Å². The van der Waals surface area contributed by atoms with Gasteiger partial charge >= 0.3 is 0 Å². The second-order valence-electron chi connectivity index (χ2n) is 2.81. The number of halogens is 3. The first-order chi connectivity index (χ1) is 6.04. The number of hydrogen-bond donors (Lipinski definition) is 0. The zero-order valence-corrected chi connectivity index (χ0v) is 9.50. The maximum absolute atomic E-state index is 5.75. The summed E-state index contributed by atoms with van der Waals surface area (Å²) in [6.07, 6.45) is 2.96. The van der Waals surface area contributed by atoms with E-state index in [9.17, 15) is 0 Å². The summed E-state index contributed by atoms with van der Waals surface area (Å²) in [5.74, 6) is 0. The Balaban J connectivity index is 2.92. The zero-order chi connectivity index (χ0) is 9.90. The molecule has 0 aliphatic rings. The van der Waals surface area contributed by atoms with Gasteiger partial charge in [0.1, 0.15) is 0 Å². The van der Waals surface area contributed by atoms with Crippen LogP contribution in [0.5, 0.6) is 0 Å². The number of hydrogen-bond acceptors (Lipinski definition) is 0. The molecule has 0 unspecified atom stereocenters. The fraction of sp³-hybridized carbons (Fsp3) is 0.300. The lowest BCUT2D eigenvalue weighted by atomic mass is 10.1. The second kappa shape index (κ2) is 4.54. The number of rotatable bonds is 2. The second-order valence-corrected chi connectivity index (χ2v) is 5.09. The van der Waals surface area contributed by atoms with Gasteiger partial charge in [-0.3, -0.25) is 0 Å². The summed E-state index contributed by atoms with van der Waals surface area (Å²) in [5, 5.41) is 0. The van der Waals surface area contributed by atoms with E-state index in [4.69, 9.17) is 34.8 Å². The summed E-state index contributed by atoms with van der Waals surface area (Å²) >= 11 is 17.3. The Labute approximate surface area is 93.8 Å². The third kappa shape index (κ3) is 3.38. The van der Waals surface area contributed by atoms with Crippen molar-refractivity contribution in [2.75, 3.05) is 0 Å². The molecule has 0 heterocycles. The maximum atomic E-state index is 5.75. The highest BCUT2D eigenvalue weighted by molar-refractivity contribution is 6.66. The third-order valence-corrected chi connectivity index (χ3v) is 2.35. The SMILES string of the molecule is C[CH]Cc1cccc(C(Cl)(Cl)Cl)c1. The normalized spacial score (nSPS) is 11.7. The first-order valence-electron chi connectivity index (χ1n) is 3.98. The van der Waals surface area contributed by atoms with Crippen LogP contribution in [0.2, 0.25) is 0 Å². The van der Waals surface area contributed by atoms with Crippen molar-refractivity contribution in [3.05, 3.63) is 41.8 Å². The van der Waals surface area contributed by atoms with Gasteiger partial charge in [0.15, 0.2) is 0 Å². The highest BCUT2D eigenvalue weighted by atomic mass is 35.6. The summed E-state index contributed by atoms with van der Waals surface area (Å²) in [7, 11) is 0. The molecule has 3 heteroatoms. The quantitative estimate of drug-likeness (QED) is 0.673. The molecule has 13 heavy (non-hydrogen) atoms. The fourth-order valence-electron chi connectivity index (χ4n) is 1.11. The van der Waals surface area contributed by atoms with Crippen LogP contribution in [0.1, 0.15) is 18.1 Å². The minimum Gasteiger partial charge on any atom is -0.0784 e. The smallest absolute Gasteiger partial charge is 0.0784 e. The molecule has 0 N–H and O–H groups in total. The summed E-state index contributed by atoms with van der Waals surface area (Å²) in [6.45, 7) is 2.00. The van der Waals surface area contributed by atoms with E-state index < -0.39 is 3.79 Å². The van der Waals surface area contributed by atoms with E-state index in [1.165, 1.54) is 0 Å². The summed E-state index contributed by atoms with van der Waals surface area (Å²) < 4.78 is -1.32. The lowest BCUT2D eigenvalue weighted by Gasteiger charge is -2.12. The van der Waals surface area contributed by atoms with Crippen molar-refractivity contribution >= 4 is 34.8 Å². The summed E-state index contributed by atoms with van der Waals surface area (Å²) in [4.78, 5) is 0. The molecule has 0 saturated heterocycles. The van der Waals surface area contributed by atoms with Gasteiger partial charge < -0.3 is 0 Å². The van der Waals surface area contributed by atoms with Crippen LogP contribution < -0.4 is 0 Å². The van der Waals surface area contributed by atoms with Gasteiger partial charge in [0.05, 0.1) is 0 Å². The Hall–Kier alpha value is 0.0900. The van der Waals surface area contributed by atoms with E-state index >= 15 is 0 Å². The Morgan fingerprint density at radius 2 is 2.00 bits per heavy atom. The molecule has 0 aliphatic carbocycles. The van der Waals surface area contributed by atoms with Crippen molar-refractivity contribution < 1.29 is 0 Å². The van der Waals surface area contributed by atoms with Gasteiger partial charge in [-0.1, -0.05) is 66.0 Å². The minimum absolute atomic E-state index is 0.719. The molecule has 1 radical (unpaired) electrons. The Morgan fingerprint density at radius 1 is 1.31 bits per heavy atom. The van der Waals surface area contributed by atoms with E-state index in [0.29, 0.717) is 0 Å². The Morgan fingerprint density at radius 3 is 2.54 bits per heavy atom. The molecule has 0 amide bonds. The van der Waals surface area contributed by atoms with Crippen LogP contribution >= 0.6 is 34.8 Å². The van der Waals surface area contributed by atoms with Crippen LogP contribution in [0, 0.1) is 6.42 Å². The summed E-state index contributed by atoms with van der Waals surface area (Å²) in [5.41, 5.74) is 1.88. The molecule has 1 aromatic carbocycles. The van der Waals surface area contributed by atoms with E-state index in [0.717, 1.165) is 17.5 Å². The van der Waals surface area contributed by atoms with Gasteiger partial charge in [-0.15, -0.1) is 0 Å². The lowest BCUT2D eigenvalue weighted by Crippen LogP contribution is -2.00. The monoisotopic (exact) mass is 235 g/mol. The highest BCUT2D eigenvalue weighted by Gasteiger charge is 2.22. The molecule has 0 bridgehead atoms. The molecule has 1 aromatic rings. The minimum atomic E-state index is -1.32. The van der Waals surface area contributed by atoms with E-state index in [1.54, 1.807) is 0 Å². The highest BCUT2D eigenvalue weighted by Crippen LogP contribution is 2.38. The predicted octanol–water partition coefficient (Wildman–Crippen LogP) is 4.28. The van der Waals surface area contributed by atoms with Gasteiger partial charge in [0.2, 0.25) is 3.79 Å². The van der Waals surface area contributed by atoms with Crippen LogP contribution in [0.4, 0.5) is 0 Å². The van der Waals surface area contributed by atoms with E-state index in [1.807, 2.05) is 31.2 Å². The van der Waals surface area contributed by atoms with Crippen molar-refractivity contribution in [1.29, 1.82) is 0 Å². The van der Waals surface area contributed by atoms with Gasteiger partial charge in [-0.05, 0) is 18.4 Å². The molecule has 0 fully saturated rings. The molecule has 0 spiro atoms. The third-order valence-electron chi connectivity index (χ3n) is 1.69. The molecule has 0 nitrogen and oxygen atoms in total. The molecular formula is C10H10Cl3. The standard InChI is InChI=1S/C10H10Cl3/c1-2-4-8-5-3-6-9(7-8)10(11,12)13/h2-3,5-7H,4H2,1H3. The first kappa shape index (κ1) is 11.2. The van der Waals surface area contributed by atoms with Crippen LogP contribution in [-0.4, -0.2) is 0 Å². The van der Waals surface area contributed by atoms with Crippen molar-refractivity contribution in [1.82, 2.24) is 0 Å². The van der Waals surface area contributed by atoms with Crippen molar-refractivity contribution in [3.8, 4) is 0 Å². The van der Waals surface area contributed by atoms with Crippen molar-refractivity contribution in [2.45, 2.75) is 17.1 Å². The molecule has 0 aromatic heterocycles. The maximum Gasteiger partial charge on any atom is 0.216 e. The fourth-order valence-corrected chi connectivity index (χ4v) is 1.46. The molecule has 0 atom stereocenters. The van der Waals surface area contributed by atoms with Crippen LogP contribution in [-0.2, 0) is 10.2 Å². The molecule has 71 valence electrons. The molecule has 0 saturated carbocycles. The van der Waals surface area contributed by atoms with Gasteiger partial charge in [-0.25, -0.2) is 0 Å². The average molecular weight is 237 g/mol. The summed E-state index contributed by atoms with van der Waals surface area (Å²) in [6, 6.07) is 7.63. The molecular weight excluding hydrogens is 226 g/mol. The van der Waals surface area contributed by atoms with Crippen LogP contribution in [0.25, 0.3) is 0 Å². The molecule has 1 rings (SSSR count).